The Morgan fingerprint density at radius 3 is 2.77 bits per heavy atom. The molecule has 69 valence electrons. The molecule has 0 unspecified atom stereocenters. The van der Waals surface area contributed by atoms with Crippen molar-refractivity contribution in [3.8, 4) is 5.75 Å². The van der Waals surface area contributed by atoms with Gasteiger partial charge in [-0.3, -0.25) is 4.99 Å². The molecule has 2 heteroatoms. The van der Waals surface area contributed by atoms with E-state index in [2.05, 4.69) is 4.99 Å². The summed E-state index contributed by atoms with van der Waals surface area (Å²) in [7, 11) is 0. The molecule has 0 atom stereocenters. The summed E-state index contributed by atoms with van der Waals surface area (Å²) in [5, 5.41) is 9.41. The minimum absolute atomic E-state index is 0.234. The Hall–Kier alpha value is -1.31. The van der Waals surface area contributed by atoms with Gasteiger partial charge in [0.1, 0.15) is 11.4 Å². The van der Waals surface area contributed by atoms with Crippen LogP contribution < -0.4 is 0 Å². The van der Waals surface area contributed by atoms with Crippen LogP contribution in [-0.2, 0) is 0 Å². The van der Waals surface area contributed by atoms with Crippen LogP contribution in [0.25, 0.3) is 0 Å². The highest BCUT2D eigenvalue weighted by Gasteiger charge is 1.97. The number of nitrogens with zero attached hydrogens (tertiary/aromatic N) is 1. The molecule has 0 aromatic heterocycles. The highest BCUT2D eigenvalue weighted by Crippen LogP contribution is 2.25. The molecule has 0 aliphatic carbocycles. The van der Waals surface area contributed by atoms with Crippen molar-refractivity contribution >= 4 is 11.4 Å². The second-order valence-electron chi connectivity index (χ2n) is 2.95. The summed E-state index contributed by atoms with van der Waals surface area (Å²) in [5.74, 6) is 0.234. The Bertz CT molecular complexity index is 305. The molecule has 0 heterocycles. The number of rotatable bonds is 3. The van der Waals surface area contributed by atoms with E-state index in [4.69, 9.17) is 0 Å². The fourth-order valence-electron chi connectivity index (χ4n) is 1.11. The zero-order valence-electron chi connectivity index (χ0n) is 7.99. The van der Waals surface area contributed by atoms with Crippen molar-refractivity contribution in [2.75, 3.05) is 0 Å². The largest absolute Gasteiger partial charge is 0.506 e. The number of hydrogen-bond acceptors (Lipinski definition) is 2. The standard InChI is InChI=1S/C11H14NO/c1-3-6-9(2)12-10-7-4-5-8-11(10)13/h3-5,7-8,13H,6H2,1-2H3. The molecule has 1 radical (unpaired) electrons. The molecule has 1 rings (SSSR count). The summed E-state index contributed by atoms with van der Waals surface area (Å²) >= 11 is 0. The van der Waals surface area contributed by atoms with Gasteiger partial charge < -0.3 is 5.11 Å². The van der Waals surface area contributed by atoms with E-state index in [9.17, 15) is 5.11 Å². The highest BCUT2D eigenvalue weighted by atomic mass is 16.3. The minimum Gasteiger partial charge on any atom is -0.506 e. The van der Waals surface area contributed by atoms with Gasteiger partial charge in [0.05, 0.1) is 0 Å². The van der Waals surface area contributed by atoms with E-state index < -0.39 is 0 Å². The quantitative estimate of drug-likeness (QED) is 0.705. The molecule has 1 aromatic carbocycles. The van der Waals surface area contributed by atoms with Crippen LogP contribution in [-0.4, -0.2) is 10.8 Å². The summed E-state index contributed by atoms with van der Waals surface area (Å²) in [6.45, 7) is 3.94. The van der Waals surface area contributed by atoms with E-state index >= 15 is 0 Å². The van der Waals surface area contributed by atoms with Crippen molar-refractivity contribution in [2.45, 2.75) is 20.3 Å². The number of phenols is 1. The van der Waals surface area contributed by atoms with Crippen LogP contribution in [0, 0.1) is 6.42 Å². The van der Waals surface area contributed by atoms with Gasteiger partial charge in [-0.1, -0.05) is 19.1 Å². The lowest BCUT2D eigenvalue weighted by Crippen LogP contribution is -1.88. The van der Waals surface area contributed by atoms with Crippen LogP contribution in [0.1, 0.15) is 20.3 Å². The SMILES string of the molecule is C[CH]CC(C)=Nc1ccccc1O. The van der Waals surface area contributed by atoms with Gasteiger partial charge >= 0.3 is 0 Å². The smallest absolute Gasteiger partial charge is 0.141 e. The van der Waals surface area contributed by atoms with Crippen LogP contribution in [0.15, 0.2) is 29.3 Å². The summed E-state index contributed by atoms with van der Waals surface area (Å²) in [4.78, 5) is 4.28. The maximum absolute atomic E-state index is 9.41. The van der Waals surface area contributed by atoms with E-state index in [-0.39, 0.29) is 5.75 Å². The van der Waals surface area contributed by atoms with E-state index in [0.29, 0.717) is 5.69 Å². The first kappa shape index (κ1) is 9.78. The third kappa shape index (κ3) is 2.90. The van der Waals surface area contributed by atoms with Crippen LogP contribution in [0.4, 0.5) is 5.69 Å². The zero-order valence-corrected chi connectivity index (χ0v) is 7.99. The van der Waals surface area contributed by atoms with Gasteiger partial charge in [-0.05, 0) is 31.9 Å². The predicted molar refractivity (Wildman–Crippen MR) is 55.5 cm³/mol. The van der Waals surface area contributed by atoms with Gasteiger partial charge in [-0.2, -0.15) is 0 Å². The van der Waals surface area contributed by atoms with Gasteiger partial charge in [0.25, 0.3) is 0 Å². The fourth-order valence-corrected chi connectivity index (χ4v) is 1.11. The lowest BCUT2D eigenvalue weighted by atomic mass is 10.2. The number of hydrogen-bond donors (Lipinski definition) is 1. The first-order valence-electron chi connectivity index (χ1n) is 4.34. The lowest BCUT2D eigenvalue weighted by Gasteiger charge is -2.00. The average Bonchev–Trinajstić information content (AvgIpc) is 2.09. The fraction of sp³-hybridized carbons (Fsp3) is 0.273. The third-order valence-electron chi connectivity index (χ3n) is 1.69. The normalized spacial score (nSPS) is 11.7. The second-order valence-corrected chi connectivity index (χ2v) is 2.95. The Labute approximate surface area is 78.9 Å². The summed E-state index contributed by atoms with van der Waals surface area (Å²) in [5.41, 5.74) is 1.64. The maximum atomic E-state index is 9.41. The topological polar surface area (TPSA) is 32.6 Å². The molecule has 0 amide bonds. The number of phenolic OH excluding ortho intramolecular Hbond substituents is 1. The Morgan fingerprint density at radius 2 is 2.15 bits per heavy atom. The molecule has 0 spiro atoms. The minimum atomic E-state index is 0.234. The number of para-hydroxylation sites is 2. The van der Waals surface area contributed by atoms with Crippen LogP contribution in [0.2, 0.25) is 0 Å². The third-order valence-corrected chi connectivity index (χ3v) is 1.69. The van der Waals surface area contributed by atoms with Crippen molar-refractivity contribution in [3.63, 3.8) is 0 Å². The molecule has 0 fully saturated rings. The summed E-state index contributed by atoms with van der Waals surface area (Å²) in [6.07, 6.45) is 2.90. The molecule has 1 N–H and O–H groups in total. The zero-order chi connectivity index (χ0) is 9.68. The first-order valence-corrected chi connectivity index (χ1v) is 4.34. The van der Waals surface area contributed by atoms with Crippen molar-refractivity contribution in [2.24, 2.45) is 4.99 Å². The van der Waals surface area contributed by atoms with E-state index in [1.165, 1.54) is 0 Å². The highest BCUT2D eigenvalue weighted by molar-refractivity contribution is 5.86. The maximum Gasteiger partial charge on any atom is 0.141 e. The Balaban J connectivity index is 2.84. The number of aliphatic imine (C=N–C) groups is 1. The molecule has 2 nitrogen and oxygen atoms in total. The second kappa shape index (κ2) is 4.65. The van der Waals surface area contributed by atoms with Crippen molar-refractivity contribution in [3.05, 3.63) is 30.7 Å². The van der Waals surface area contributed by atoms with Gasteiger partial charge in [-0.25, -0.2) is 0 Å². The van der Waals surface area contributed by atoms with Gasteiger partial charge in [0.15, 0.2) is 0 Å². The van der Waals surface area contributed by atoms with Crippen LogP contribution >= 0.6 is 0 Å². The molecule has 13 heavy (non-hydrogen) atoms. The summed E-state index contributed by atoms with van der Waals surface area (Å²) < 4.78 is 0. The Morgan fingerprint density at radius 1 is 1.46 bits per heavy atom. The van der Waals surface area contributed by atoms with E-state index in [1.54, 1.807) is 18.2 Å². The molecule has 1 aromatic rings. The molecule has 0 bridgehead atoms. The summed E-state index contributed by atoms with van der Waals surface area (Å²) in [6, 6.07) is 7.09. The molecule has 0 aliphatic rings. The van der Waals surface area contributed by atoms with E-state index in [1.807, 2.05) is 26.3 Å². The van der Waals surface area contributed by atoms with Crippen molar-refractivity contribution in [1.29, 1.82) is 0 Å². The monoisotopic (exact) mass is 176 g/mol. The van der Waals surface area contributed by atoms with Crippen molar-refractivity contribution < 1.29 is 5.11 Å². The van der Waals surface area contributed by atoms with Gasteiger partial charge in [0, 0.05) is 5.71 Å². The molecular weight excluding hydrogens is 162 g/mol. The van der Waals surface area contributed by atoms with Gasteiger partial charge in [-0.15, -0.1) is 0 Å². The van der Waals surface area contributed by atoms with Crippen molar-refractivity contribution in [1.82, 2.24) is 0 Å². The van der Waals surface area contributed by atoms with Crippen LogP contribution in [0.5, 0.6) is 5.75 Å². The predicted octanol–water partition coefficient (Wildman–Crippen LogP) is 3.10. The number of benzene rings is 1. The number of aromatic hydroxyl groups is 1. The molecular formula is C11H14NO. The van der Waals surface area contributed by atoms with E-state index in [0.717, 1.165) is 12.1 Å². The Kier molecular flexibility index (Phi) is 3.50. The lowest BCUT2D eigenvalue weighted by molar-refractivity contribution is 0.477. The first-order chi connectivity index (χ1) is 6.24. The molecule has 0 saturated heterocycles. The molecule has 0 aliphatic heterocycles. The molecule has 0 saturated carbocycles. The average molecular weight is 176 g/mol. The van der Waals surface area contributed by atoms with Crippen LogP contribution in [0.3, 0.4) is 0 Å². The van der Waals surface area contributed by atoms with Gasteiger partial charge in [0.2, 0.25) is 0 Å².